The number of phosphoric acid groups is 1. The van der Waals surface area contributed by atoms with Gasteiger partial charge in [0, 0.05) is 13.0 Å². The average molecular weight is 1010 g/mol. The minimum atomic E-state index is -4.30. The standard InChI is InChI=1S/C62H110NO7P/c1-6-8-10-12-14-16-18-20-22-24-26-28-30-32-33-35-37-39-41-43-45-47-49-51-53-55-62(64)70-61(60-69-71(65,66)68-58-56-63(3,4)5)59-67-57-54-52-50-48-46-44-42-40-38-36-34-31-29-27-25-23-21-19-17-15-13-11-9-7-2/h8,10,14,16,19-22,25-28,31-34,61H,6-7,9,11-13,15,17-18,23-24,29-30,35-60H2,1-5H3/p+1/b10-8-,16-14-,21-19-,22-20-,27-25-,28-26-,33-32-,34-31-. The molecule has 0 aliphatic rings. The number of ether oxygens (including phenoxy) is 2. The number of quaternary nitrogens is 1. The van der Waals surface area contributed by atoms with E-state index in [9.17, 15) is 14.3 Å². The Morgan fingerprint density at radius 3 is 1.23 bits per heavy atom. The van der Waals surface area contributed by atoms with E-state index < -0.39 is 13.9 Å². The van der Waals surface area contributed by atoms with Gasteiger partial charge < -0.3 is 18.9 Å². The van der Waals surface area contributed by atoms with E-state index in [1.54, 1.807) is 0 Å². The number of carbonyl (C=O) groups is 1. The van der Waals surface area contributed by atoms with Gasteiger partial charge in [0.1, 0.15) is 19.3 Å². The van der Waals surface area contributed by atoms with Gasteiger partial charge in [0.2, 0.25) is 0 Å². The summed E-state index contributed by atoms with van der Waals surface area (Å²) in [6.45, 7) is 5.48. The van der Waals surface area contributed by atoms with Crippen molar-refractivity contribution in [2.75, 3.05) is 54.1 Å². The molecule has 0 aromatic rings. The van der Waals surface area contributed by atoms with Crippen molar-refractivity contribution < 1.29 is 37.3 Å². The number of hydrogen-bond donors (Lipinski definition) is 1. The maximum atomic E-state index is 12.8. The summed E-state index contributed by atoms with van der Waals surface area (Å²) < 4.78 is 35.3. The van der Waals surface area contributed by atoms with Gasteiger partial charge in [-0.05, 0) is 96.3 Å². The molecule has 9 heteroatoms. The number of carbonyl (C=O) groups excluding carboxylic acids is 1. The summed E-state index contributed by atoms with van der Waals surface area (Å²) in [4.78, 5) is 23.1. The van der Waals surface area contributed by atoms with E-state index in [1.165, 1.54) is 128 Å². The highest BCUT2D eigenvalue weighted by atomic mass is 31.2. The smallest absolute Gasteiger partial charge is 0.457 e. The lowest BCUT2D eigenvalue weighted by Gasteiger charge is -2.24. The molecule has 2 atom stereocenters. The topological polar surface area (TPSA) is 91.3 Å². The van der Waals surface area contributed by atoms with Crippen LogP contribution in [0.2, 0.25) is 0 Å². The molecule has 410 valence electrons. The quantitative estimate of drug-likeness (QED) is 0.0213. The fourth-order valence-corrected chi connectivity index (χ4v) is 8.45. The Morgan fingerprint density at radius 1 is 0.451 bits per heavy atom. The van der Waals surface area contributed by atoms with Crippen LogP contribution < -0.4 is 0 Å². The number of unbranched alkanes of at least 4 members (excludes halogenated alkanes) is 23. The molecule has 0 fully saturated rings. The molecule has 0 aliphatic carbocycles. The summed E-state index contributed by atoms with van der Waals surface area (Å²) in [5.41, 5.74) is 0. The summed E-state index contributed by atoms with van der Waals surface area (Å²) >= 11 is 0. The van der Waals surface area contributed by atoms with Crippen molar-refractivity contribution >= 4 is 13.8 Å². The van der Waals surface area contributed by atoms with Crippen LogP contribution in [0.3, 0.4) is 0 Å². The van der Waals surface area contributed by atoms with E-state index in [1.807, 2.05) is 21.1 Å². The third-order valence-electron chi connectivity index (χ3n) is 12.1. The predicted octanol–water partition coefficient (Wildman–Crippen LogP) is 18.5. The molecule has 0 spiro atoms. The summed E-state index contributed by atoms with van der Waals surface area (Å²) in [6, 6.07) is 0. The highest BCUT2D eigenvalue weighted by molar-refractivity contribution is 7.47. The van der Waals surface area contributed by atoms with Crippen molar-refractivity contribution in [3.8, 4) is 0 Å². The monoisotopic (exact) mass is 1010 g/mol. The van der Waals surface area contributed by atoms with Gasteiger partial charge in [0.25, 0.3) is 0 Å². The molecule has 0 rings (SSSR count). The summed E-state index contributed by atoms with van der Waals surface area (Å²) in [5.74, 6) is -0.324. The molecule has 0 radical (unpaired) electrons. The average Bonchev–Trinajstić information content (AvgIpc) is 3.33. The normalized spacial score (nSPS) is 14.2. The van der Waals surface area contributed by atoms with Crippen LogP contribution in [-0.2, 0) is 27.9 Å². The Morgan fingerprint density at radius 2 is 0.817 bits per heavy atom. The first-order valence-corrected chi connectivity index (χ1v) is 30.5. The van der Waals surface area contributed by atoms with Gasteiger partial charge in [-0.3, -0.25) is 13.8 Å². The predicted molar refractivity (Wildman–Crippen MR) is 307 cm³/mol. The number of allylic oxidation sites excluding steroid dienone is 16. The SMILES string of the molecule is CC/C=C\C/C=C\C/C=C\C/C=C\C/C=C\CCCCCCCCCCCC(=O)OC(COCCCCCCCCCCC/C=C\C/C=C\C/C=C\CCCCCCC)COP(=O)(O)OCC[N+](C)(C)C. The fraction of sp³-hybridized carbons (Fsp3) is 0.726. The van der Waals surface area contributed by atoms with Gasteiger partial charge in [-0.1, -0.05) is 227 Å². The zero-order valence-electron chi connectivity index (χ0n) is 46.7. The van der Waals surface area contributed by atoms with Crippen LogP contribution in [0.1, 0.15) is 232 Å². The lowest BCUT2D eigenvalue weighted by atomic mass is 10.1. The van der Waals surface area contributed by atoms with Crippen molar-refractivity contribution in [2.24, 2.45) is 0 Å². The lowest BCUT2D eigenvalue weighted by Crippen LogP contribution is -2.37. The molecule has 0 saturated heterocycles. The number of hydrogen-bond acceptors (Lipinski definition) is 6. The van der Waals surface area contributed by atoms with Crippen LogP contribution in [0.5, 0.6) is 0 Å². The summed E-state index contributed by atoms with van der Waals surface area (Å²) in [5, 5.41) is 0. The molecule has 8 nitrogen and oxygen atoms in total. The Kier molecular flexibility index (Phi) is 51.8. The fourth-order valence-electron chi connectivity index (χ4n) is 7.71. The van der Waals surface area contributed by atoms with Crippen LogP contribution in [-0.4, -0.2) is 75.6 Å². The number of likely N-dealkylation sites (N-methyl/N-ethyl adjacent to an activating group) is 1. The second-order valence-corrected chi connectivity index (χ2v) is 21.7. The molecular weight excluding hydrogens is 902 g/mol. The van der Waals surface area contributed by atoms with Crippen LogP contribution >= 0.6 is 7.82 Å². The molecule has 0 heterocycles. The Balaban J connectivity index is 4.13. The molecule has 0 aromatic carbocycles. The van der Waals surface area contributed by atoms with Gasteiger partial charge in [0.05, 0.1) is 34.4 Å². The first kappa shape index (κ1) is 68.4. The van der Waals surface area contributed by atoms with Crippen molar-refractivity contribution in [3.63, 3.8) is 0 Å². The minimum absolute atomic E-state index is 0.0813. The van der Waals surface area contributed by atoms with E-state index in [-0.39, 0.29) is 25.8 Å². The third kappa shape index (κ3) is 58.2. The second kappa shape index (κ2) is 53.7. The Labute approximate surface area is 438 Å². The number of phosphoric ester groups is 1. The van der Waals surface area contributed by atoms with Crippen LogP contribution in [0, 0.1) is 0 Å². The minimum Gasteiger partial charge on any atom is -0.457 e. The van der Waals surface area contributed by atoms with Crippen LogP contribution in [0.15, 0.2) is 97.2 Å². The molecule has 0 bridgehead atoms. The van der Waals surface area contributed by atoms with E-state index in [2.05, 4.69) is 111 Å². The molecule has 1 N–H and O–H groups in total. The van der Waals surface area contributed by atoms with Crippen molar-refractivity contribution in [1.82, 2.24) is 0 Å². The Bertz CT molecular complexity index is 1460. The number of rotatable bonds is 53. The first-order chi connectivity index (χ1) is 34.6. The summed E-state index contributed by atoms with van der Waals surface area (Å²) in [6.07, 6.45) is 74.6. The van der Waals surface area contributed by atoms with E-state index in [0.29, 0.717) is 24.1 Å². The maximum absolute atomic E-state index is 12.8. The first-order valence-electron chi connectivity index (χ1n) is 29.0. The highest BCUT2D eigenvalue weighted by Gasteiger charge is 2.26. The molecule has 0 saturated carbocycles. The molecule has 0 aromatic heterocycles. The summed E-state index contributed by atoms with van der Waals surface area (Å²) in [7, 11) is 1.65. The van der Waals surface area contributed by atoms with E-state index in [4.69, 9.17) is 18.5 Å². The van der Waals surface area contributed by atoms with E-state index >= 15 is 0 Å². The molecule has 71 heavy (non-hydrogen) atoms. The molecule has 0 amide bonds. The van der Waals surface area contributed by atoms with Crippen molar-refractivity contribution in [1.29, 1.82) is 0 Å². The lowest BCUT2D eigenvalue weighted by molar-refractivity contribution is -0.870. The van der Waals surface area contributed by atoms with Gasteiger partial charge in [-0.15, -0.1) is 0 Å². The van der Waals surface area contributed by atoms with Crippen molar-refractivity contribution in [3.05, 3.63) is 97.2 Å². The van der Waals surface area contributed by atoms with E-state index in [0.717, 1.165) is 83.5 Å². The second-order valence-electron chi connectivity index (χ2n) is 20.3. The Hall–Kier alpha value is -2.58. The van der Waals surface area contributed by atoms with Crippen LogP contribution in [0.25, 0.3) is 0 Å². The van der Waals surface area contributed by atoms with Gasteiger partial charge in [-0.25, -0.2) is 4.57 Å². The zero-order valence-corrected chi connectivity index (χ0v) is 47.6. The van der Waals surface area contributed by atoms with Gasteiger partial charge >= 0.3 is 13.8 Å². The van der Waals surface area contributed by atoms with Gasteiger partial charge in [-0.2, -0.15) is 0 Å². The zero-order chi connectivity index (χ0) is 51.9. The largest absolute Gasteiger partial charge is 0.472 e. The molecule has 2 unspecified atom stereocenters. The number of esters is 1. The van der Waals surface area contributed by atoms with Gasteiger partial charge in [0.15, 0.2) is 0 Å². The molecule has 0 aliphatic heterocycles. The molecular formula is C62H111NO7P+. The van der Waals surface area contributed by atoms with Crippen LogP contribution in [0.4, 0.5) is 0 Å². The third-order valence-corrected chi connectivity index (χ3v) is 13.1. The highest BCUT2D eigenvalue weighted by Crippen LogP contribution is 2.43. The van der Waals surface area contributed by atoms with Crippen molar-refractivity contribution in [2.45, 2.75) is 238 Å². The maximum Gasteiger partial charge on any atom is 0.472 e. The number of nitrogens with zero attached hydrogens (tertiary/aromatic N) is 1.